The predicted octanol–water partition coefficient (Wildman–Crippen LogP) is 1.17. The summed E-state index contributed by atoms with van der Waals surface area (Å²) in [5, 5.41) is 0. The van der Waals surface area contributed by atoms with Crippen molar-refractivity contribution in [3.05, 3.63) is 0 Å². The van der Waals surface area contributed by atoms with Crippen LogP contribution < -0.4 is 15.2 Å². The zero-order valence-electron chi connectivity index (χ0n) is 9.35. The minimum absolute atomic E-state index is 0.135. The first kappa shape index (κ1) is 10.9. The topological polar surface area (TPSA) is 83.2 Å². The summed E-state index contributed by atoms with van der Waals surface area (Å²) >= 11 is 0. The fourth-order valence-electron chi connectivity index (χ4n) is 1.30. The summed E-state index contributed by atoms with van der Waals surface area (Å²) in [6.45, 7) is 2.57. The van der Waals surface area contributed by atoms with E-state index in [1.807, 2.05) is 6.92 Å². The third-order valence-corrected chi connectivity index (χ3v) is 2.37. The summed E-state index contributed by atoms with van der Waals surface area (Å²) in [7, 11) is 0. The molecule has 6 nitrogen and oxygen atoms in total. The molecule has 0 aromatic carbocycles. The number of nitrogens with two attached hydrogens (primary N) is 1. The van der Waals surface area contributed by atoms with E-state index in [4.69, 9.17) is 15.2 Å². The Balaban J connectivity index is 2.02. The first-order valence-corrected chi connectivity index (χ1v) is 5.59. The molecule has 0 bridgehead atoms. The second kappa shape index (κ2) is 4.96. The van der Waals surface area contributed by atoms with Gasteiger partial charge in [-0.25, -0.2) is 0 Å². The van der Waals surface area contributed by atoms with Crippen molar-refractivity contribution in [2.45, 2.75) is 38.7 Å². The van der Waals surface area contributed by atoms with E-state index < -0.39 is 0 Å². The molecule has 0 spiro atoms. The second-order valence-corrected chi connectivity index (χ2v) is 3.78. The van der Waals surface area contributed by atoms with Gasteiger partial charge in [0.05, 0.1) is 6.61 Å². The highest BCUT2D eigenvalue weighted by molar-refractivity contribution is 5.20. The molecule has 6 heteroatoms. The molecule has 1 saturated carbocycles. The van der Waals surface area contributed by atoms with Gasteiger partial charge in [-0.05, 0) is 25.7 Å². The van der Waals surface area contributed by atoms with E-state index in [0.717, 1.165) is 19.3 Å². The van der Waals surface area contributed by atoms with Gasteiger partial charge in [-0.3, -0.25) is 0 Å². The van der Waals surface area contributed by atoms with Gasteiger partial charge in [0.1, 0.15) is 6.10 Å². The van der Waals surface area contributed by atoms with Crippen LogP contribution in [0.5, 0.6) is 12.0 Å². The highest BCUT2D eigenvalue weighted by atomic mass is 16.5. The van der Waals surface area contributed by atoms with Crippen LogP contribution in [0.25, 0.3) is 0 Å². The van der Waals surface area contributed by atoms with Crippen LogP contribution in [0.1, 0.15) is 32.6 Å². The lowest BCUT2D eigenvalue weighted by Gasteiger charge is -2.24. The normalized spacial score (nSPS) is 15.6. The molecule has 0 atom stereocenters. The third-order valence-electron chi connectivity index (χ3n) is 2.37. The molecule has 1 aliphatic rings. The van der Waals surface area contributed by atoms with Gasteiger partial charge < -0.3 is 15.2 Å². The van der Waals surface area contributed by atoms with Crippen LogP contribution in [0.4, 0.5) is 5.95 Å². The SMILES string of the molecule is CCCOc1nc(N)nc(OC2CCC2)n1. The maximum atomic E-state index is 5.54. The first-order chi connectivity index (χ1) is 7.78. The van der Waals surface area contributed by atoms with Gasteiger partial charge >= 0.3 is 12.0 Å². The molecule has 2 N–H and O–H groups in total. The zero-order chi connectivity index (χ0) is 11.4. The van der Waals surface area contributed by atoms with Gasteiger partial charge in [-0.2, -0.15) is 9.97 Å². The van der Waals surface area contributed by atoms with Gasteiger partial charge in [0.25, 0.3) is 0 Å². The van der Waals surface area contributed by atoms with Crippen molar-refractivity contribution in [2.75, 3.05) is 12.3 Å². The van der Waals surface area contributed by atoms with E-state index in [1.54, 1.807) is 0 Å². The van der Waals surface area contributed by atoms with Crippen LogP contribution in [-0.2, 0) is 0 Å². The van der Waals surface area contributed by atoms with E-state index in [-0.39, 0.29) is 24.1 Å². The van der Waals surface area contributed by atoms with Crippen molar-refractivity contribution in [3.63, 3.8) is 0 Å². The smallest absolute Gasteiger partial charge is 0.324 e. The molecule has 0 saturated heterocycles. The molecule has 1 aromatic heterocycles. The minimum atomic E-state index is 0.135. The second-order valence-electron chi connectivity index (χ2n) is 3.78. The lowest BCUT2D eigenvalue weighted by Crippen LogP contribution is -2.25. The summed E-state index contributed by atoms with van der Waals surface area (Å²) in [4.78, 5) is 11.8. The standard InChI is InChI=1S/C10H16N4O2/c1-2-6-15-9-12-8(11)13-10(14-9)16-7-4-3-5-7/h7H,2-6H2,1H3,(H2,11,12,13,14). The van der Waals surface area contributed by atoms with Crippen LogP contribution in [0, 0.1) is 0 Å². The highest BCUT2D eigenvalue weighted by Crippen LogP contribution is 2.23. The summed E-state index contributed by atoms with van der Waals surface area (Å²) < 4.78 is 10.8. The van der Waals surface area contributed by atoms with Gasteiger partial charge in [0.15, 0.2) is 0 Å². The Kier molecular flexibility index (Phi) is 3.38. The average molecular weight is 224 g/mol. The van der Waals surface area contributed by atoms with Crippen molar-refractivity contribution in [1.29, 1.82) is 0 Å². The average Bonchev–Trinajstić information content (AvgIpc) is 2.20. The Morgan fingerprint density at radius 1 is 1.25 bits per heavy atom. The van der Waals surface area contributed by atoms with Crippen LogP contribution in [0.3, 0.4) is 0 Å². The van der Waals surface area contributed by atoms with Gasteiger partial charge in [-0.1, -0.05) is 6.92 Å². The van der Waals surface area contributed by atoms with Crippen molar-refractivity contribution in [2.24, 2.45) is 0 Å². The van der Waals surface area contributed by atoms with E-state index in [0.29, 0.717) is 6.61 Å². The summed E-state index contributed by atoms with van der Waals surface area (Å²) in [6.07, 6.45) is 4.42. The number of rotatable bonds is 5. The molecule has 1 heterocycles. The Hall–Kier alpha value is -1.59. The van der Waals surface area contributed by atoms with E-state index in [1.165, 1.54) is 6.42 Å². The predicted molar refractivity (Wildman–Crippen MR) is 58.3 cm³/mol. The molecular weight excluding hydrogens is 208 g/mol. The van der Waals surface area contributed by atoms with Crippen LogP contribution in [0.15, 0.2) is 0 Å². The Bertz CT molecular complexity index is 355. The Morgan fingerprint density at radius 2 is 2.00 bits per heavy atom. The van der Waals surface area contributed by atoms with Crippen molar-refractivity contribution < 1.29 is 9.47 Å². The van der Waals surface area contributed by atoms with Crippen molar-refractivity contribution in [3.8, 4) is 12.0 Å². The van der Waals surface area contributed by atoms with E-state index in [2.05, 4.69) is 15.0 Å². The molecule has 1 aliphatic carbocycles. The molecule has 0 aliphatic heterocycles. The Morgan fingerprint density at radius 3 is 2.62 bits per heavy atom. The van der Waals surface area contributed by atoms with E-state index in [9.17, 15) is 0 Å². The first-order valence-electron chi connectivity index (χ1n) is 5.59. The highest BCUT2D eigenvalue weighted by Gasteiger charge is 2.21. The van der Waals surface area contributed by atoms with Gasteiger partial charge in [0.2, 0.25) is 5.95 Å². The number of aromatic nitrogens is 3. The molecule has 2 rings (SSSR count). The molecule has 0 radical (unpaired) electrons. The number of nitrogens with zero attached hydrogens (tertiary/aromatic N) is 3. The zero-order valence-corrected chi connectivity index (χ0v) is 9.35. The summed E-state index contributed by atoms with van der Waals surface area (Å²) in [6, 6.07) is 0.506. The van der Waals surface area contributed by atoms with Gasteiger partial charge in [0, 0.05) is 0 Å². The monoisotopic (exact) mass is 224 g/mol. The number of ether oxygens (including phenoxy) is 2. The van der Waals surface area contributed by atoms with Crippen LogP contribution >= 0.6 is 0 Å². The molecular formula is C10H16N4O2. The third kappa shape index (κ3) is 2.71. The summed E-state index contributed by atoms with van der Waals surface area (Å²) in [5.41, 5.74) is 5.54. The van der Waals surface area contributed by atoms with Crippen LogP contribution in [-0.4, -0.2) is 27.7 Å². The minimum Gasteiger partial charge on any atom is -0.463 e. The lowest BCUT2D eigenvalue weighted by atomic mass is 9.96. The number of nitrogen functional groups attached to an aromatic ring is 1. The lowest BCUT2D eigenvalue weighted by molar-refractivity contribution is 0.106. The number of hydrogen-bond acceptors (Lipinski definition) is 6. The molecule has 0 amide bonds. The number of hydrogen-bond donors (Lipinski definition) is 1. The van der Waals surface area contributed by atoms with Gasteiger partial charge in [-0.15, -0.1) is 4.98 Å². The quantitative estimate of drug-likeness (QED) is 0.808. The number of anilines is 1. The largest absolute Gasteiger partial charge is 0.463 e. The van der Waals surface area contributed by atoms with E-state index >= 15 is 0 Å². The molecule has 16 heavy (non-hydrogen) atoms. The molecule has 1 fully saturated rings. The fourth-order valence-corrected chi connectivity index (χ4v) is 1.30. The molecule has 88 valence electrons. The Labute approximate surface area is 94.2 Å². The molecule has 0 unspecified atom stereocenters. The molecule has 1 aromatic rings. The van der Waals surface area contributed by atoms with Crippen molar-refractivity contribution in [1.82, 2.24) is 15.0 Å². The van der Waals surface area contributed by atoms with Crippen molar-refractivity contribution >= 4 is 5.95 Å². The maximum absolute atomic E-state index is 5.54. The van der Waals surface area contributed by atoms with Crippen LogP contribution in [0.2, 0.25) is 0 Å². The summed E-state index contributed by atoms with van der Waals surface area (Å²) in [5.74, 6) is 0.135. The maximum Gasteiger partial charge on any atom is 0.324 e. The fraction of sp³-hybridized carbons (Fsp3) is 0.700.